The molecule has 0 saturated heterocycles. The Morgan fingerprint density at radius 3 is 2.15 bits per heavy atom. The lowest BCUT2D eigenvalue weighted by Gasteiger charge is -2.25. The zero-order valence-electron chi connectivity index (χ0n) is 17.9. The van der Waals surface area contributed by atoms with Gasteiger partial charge < -0.3 is 14.5 Å². The zero-order valence-corrected chi connectivity index (χ0v) is 18.7. The molecule has 0 amide bonds. The van der Waals surface area contributed by atoms with Gasteiger partial charge >= 0.3 is 0 Å². The number of sulfonamides is 1. The van der Waals surface area contributed by atoms with Crippen LogP contribution >= 0.6 is 0 Å². The molecule has 0 aliphatic carbocycles. The van der Waals surface area contributed by atoms with Crippen LogP contribution in [-0.2, 0) is 16.6 Å². The maximum atomic E-state index is 13.5. The van der Waals surface area contributed by atoms with Gasteiger partial charge in [0.2, 0.25) is 0 Å². The number of aromatic amines is 1. The van der Waals surface area contributed by atoms with Crippen LogP contribution in [0.5, 0.6) is 11.5 Å². The third kappa shape index (κ3) is 4.54. The Hall–Kier alpha value is -3.85. The van der Waals surface area contributed by atoms with E-state index in [1.165, 1.54) is 26.4 Å². The second kappa shape index (κ2) is 8.95. The second-order valence-corrected chi connectivity index (χ2v) is 9.10. The molecular formula is C24H21FN2O5S. The number of nitrogens with zero attached hydrogens (tertiary/aromatic N) is 1. The van der Waals surface area contributed by atoms with E-state index in [2.05, 4.69) is 4.98 Å². The molecule has 0 saturated carbocycles. The summed E-state index contributed by atoms with van der Waals surface area (Å²) in [6.07, 6.45) is 0. The number of halogens is 1. The van der Waals surface area contributed by atoms with Gasteiger partial charge in [-0.3, -0.25) is 9.10 Å². The standard InChI is InChI=1S/C24H21FN2O5S/c1-31-20-7-5-19(6-8-20)27(33(29,30)22-10-3-18(25)4-11-22)15-17-13-16-14-21(32-2)9-12-23(16)26-24(17)28/h3-14H,15H2,1-2H3,(H,26,28). The van der Waals surface area contributed by atoms with Crippen molar-refractivity contribution in [1.82, 2.24) is 4.98 Å². The molecule has 0 bridgehead atoms. The number of rotatable bonds is 7. The van der Waals surface area contributed by atoms with E-state index in [0.717, 1.165) is 16.4 Å². The van der Waals surface area contributed by atoms with E-state index in [9.17, 15) is 17.6 Å². The highest BCUT2D eigenvalue weighted by Crippen LogP contribution is 2.28. The van der Waals surface area contributed by atoms with Crippen molar-refractivity contribution in [3.8, 4) is 11.5 Å². The van der Waals surface area contributed by atoms with Crippen molar-refractivity contribution in [2.75, 3.05) is 18.5 Å². The van der Waals surface area contributed by atoms with Gasteiger partial charge in [-0.25, -0.2) is 12.8 Å². The molecule has 0 atom stereocenters. The lowest BCUT2D eigenvalue weighted by atomic mass is 10.1. The van der Waals surface area contributed by atoms with Gasteiger partial charge in [0, 0.05) is 16.5 Å². The smallest absolute Gasteiger partial charge is 0.264 e. The molecule has 33 heavy (non-hydrogen) atoms. The molecular weight excluding hydrogens is 447 g/mol. The number of nitrogens with one attached hydrogen (secondary N) is 1. The third-order valence-corrected chi connectivity index (χ3v) is 6.99. The minimum absolute atomic E-state index is 0.0985. The average molecular weight is 469 g/mol. The highest BCUT2D eigenvalue weighted by Gasteiger charge is 2.26. The Kier molecular flexibility index (Phi) is 6.06. The maximum absolute atomic E-state index is 13.5. The fourth-order valence-corrected chi connectivity index (χ4v) is 4.87. The fourth-order valence-electron chi connectivity index (χ4n) is 3.43. The van der Waals surface area contributed by atoms with Crippen LogP contribution in [0.2, 0.25) is 0 Å². The van der Waals surface area contributed by atoms with Crippen molar-refractivity contribution in [2.45, 2.75) is 11.4 Å². The van der Waals surface area contributed by atoms with E-state index in [4.69, 9.17) is 9.47 Å². The zero-order chi connectivity index (χ0) is 23.6. The van der Waals surface area contributed by atoms with Crippen LogP contribution in [0.4, 0.5) is 10.1 Å². The van der Waals surface area contributed by atoms with E-state index in [-0.39, 0.29) is 17.0 Å². The number of pyridine rings is 1. The molecule has 0 radical (unpaired) electrons. The van der Waals surface area contributed by atoms with Gasteiger partial charge in [-0.15, -0.1) is 0 Å². The summed E-state index contributed by atoms with van der Waals surface area (Å²) in [6, 6.07) is 17.8. The first-order chi connectivity index (χ1) is 15.8. The highest BCUT2D eigenvalue weighted by molar-refractivity contribution is 7.92. The van der Waals surface area contributed by atoms with Crippen LogP contribution in [0.15, 0.2) is 82.5 Å². The number of benzene rings is 3. The molecule has 3 aromatic carbocycles. The monoisotopic (exact) mass is 468 g/mol. The molecule has 7 nitrogen and oxygen atoms in total. The summed E-state index contributed by atoms with van der Waals surface area (Å²) in [5.41, 5.74) is 0.741. The summed E-state index contributed by atoms with van der Waals surface area (Å²) >= 11 is 0. The number of hydrogen-bond acceptors (Lipinski definition) is 5. The Balaban J connectivity index is 1.83. The third-order valence-electron chi connectivity index (χ3n) is 5.20. The molecule has 0 unspecified atom stereocenters. The Morgan fingerprint density at radius 2 is 1.52 bits per heavy atom. The number of fused-ring (bicyclic) bond motifs is 1. The Labute approximate surface area is 190 Å². The number of methoxy groups -OCH3 is 2. The fraction of sp³-hybridized carbons (Fsp3) is 0.125. The minimum atomic E-state index is -4.12. The number of H-pyrrole nitrogens is 1. The maximum Gasteiger partial charge on any atom is 0.264 e. The first-order valence-electron chi connectivity index (χ1n) is 9.94. The summed E-state index contributed by atoms with van der Waals surface area (Å²) in [5, 5.41) is 0.692. The van der Waals surface area contributed by atoms with Crippen LogP contribution in [0.3, 0.4) is 0 Å². The van der Waals surface area contributed by atoms with E-state index >= 15 is 0 Å². The topological polar surface area (TPSA) is 88.7 Å². The molecule has 4 rings (SSSR count). The van der Waals surface area contributed by atoms with Crippen molar-refractivity contribution in [3.05, 3.63) is 94.5 Å². The molecule has 9 heteroatoms. The Bertz CT molecular complexity index is 1450. The van der Waals surface area contributed by atoms with Gasteiger partial charge in [-0.1, -0.05) is 0 Å². The molecule has 4 aromatic rings. The quantitative estimate of drug-likeness (QED) is 0.442. The van der Waals surface area contributed by atoms with E-state index in [1.54, 1.807) is 48.5 Å². The SMILES string of the molecule is COc1ccc(N(Cc2cc3cc(OC)ccc3[nH]c2=O)S(=O)(=O)c2ccc(F)cc2)cc1. The van der Waals surface area contributed by atoms with Crippen LogP contribution in [0, 0.1) is 5.82 Å². The lowest BCUT2D eigenvalue weighted by molar-refractivity contribution is 0.415. The lowest BCUT2D eigenvalue weighted by Crippen LogP contribution is -2.33. The number of hydrogen-bond donors (Lipinski definition) is 1. The van der Waals surface area contributed by atoms with Crippen molar-refractivity contribution < 1.29 is 22.3 Å². The van der Waals surface area contributed by atoms with E-state index in [1.807, 2.05) is 0 Å². The Morgan fingerprint density at radius 1 is 0.879 bits per heavy atom. The van der Waals surface area contributed by atoms with Crippen molar-refractivity contribution in [2.24, 2.45) is 0 Å². The number of aromatic nitrogens is 1. The summed E-state index contributed by atoms with van der Waals surface area (Å²) in [5.74, 6) is 0.602. The van der Waals surface area contributed by atoms with Gasteiger partial charge in [0.25, 0.3) is 15.6 Å². The summed E-state index contributed by atoms with van der Waals surface area (Å²) in [4.78, 5) is 15.5. The van der Waals surface area contributed by atoms with Gasteiger partial charge in [-0.2, -0.15) is 0 Å². The molecule has 0 aliphatic heterocycles. The van der Waals surface area contributed by atoms with Gasteiger partial charge in [0.1, 0.15) is 17.3 Å². The molecule has 0 aliphatic rings. The van der Waals surface area contributed by atoms with Crippen LogP contribution in [0.25, 0.3) is 10.9 Å². The number of ether oxygens (including phenoxy) is 2. The second-order valence-electron chi connectivity index (χ2n) is 7.24. The van der Waals surface area contributed by atoms with E-state index < -0.39 is 21.4 Å². The predicted octanol–water partition coefficient (Wildman–Crippen LogP) is 4.08. The van der Waals surface area contributed by atoms with Gasteiger partial charge in [0.05, 0.1) is 31.3 Å². The molecule has 0 fully saturated rings. The van der Waals surface area contributed by atoms with Gasteiger partial charge in [0.15, 0.2) is 0 Å². The molecule has 1 heterocycles. The van der Waals surface area contributed by atoms with Crippen LogP contribution < -0.4 is 19.3 Å². The van der Waals surface area contributed by atoms with Crippen molar-refractivity contribution in [3.63, 3.8) is 0 Å². The molecule has 1 aromatic heterocycles. The first-order valence-corrected chi connectivity index (χ1v) is 11.4. The molecule has 1 N–H and O–H groups in total. The summed E-state index contributed by atoms with van der Waals surface area (Å²) in [6.45, 7) is -0.242. The van der Waals surface area contributed by atoms with Crippen molar-refractivity contribution in [1.29, 1.82) is 0 Å². The number of anilines is 1. The van der Waals surface area contributed by atoms with Crippen molar-refractivity contribution >= 4 is 26.6 Å². The first kappa shape index (κ1) is 22.3. The van der Waals surface area contributed by atoms with E-state index in [0.29, 0.717) is 28.1 Å². The summed E-state index contributed by atoms with van der Waals surface area (Å²) in [7, 11) is -1.08. The van der Waals surface area contributed by atoms with Gasteiger partial charge in [-0.05, 0) is 72.8 Å². The average Bonchev–Trinajstić information content (AvgIpc) is 2.82. The minimum Gasteiger partial charge on any atom is -0.497 e. The highest BCUT2D eigenvalue weighted by atomic mass is 32.2. The molecule has 170 valence electrons. The predicted molar refractivity (Wildman–Crippen MR) is 124 cm³/mol. The summed E-state index contributed by atoms with van der Waals surface area (Å²) < 4.78 is 52.0. The largest absolute Gasteiger partial charge is 0.497 e. The van der Waals surface area contributed by atoms with Crippen LogP contribution in [0.1, 0.15) is 5.56 Å². The normalized spacial score (nSPS) is 11.4. The van der Waals surface area contributed by atoms with Crippen LogP contribution in [-0.4, -0.2) is 27.6 Å². The molecule has 0 spiro atoms.